The Bertz CT molecular complexity index is 794. The van der Waals surface area contributed by atoms with Crippen LogP contribution in [0.15, 0.2) is 24.5 Å². The lowest BCUT2D eigenvalue weighted by Crippen LogP contribution is -2.06. The van der Waals surface area contributed by atoms with E-state index in [0.29, 0.717) is 0 Å². The fraction of sp³-hybridized carbons (Fsp3) is 0.286. The maximum Gasteiger partial charge on any atom is 0.178 e. The van der Waals surface area contributed by atoms with E-state index in [4.69, 9.17) is 12.2 Å². The molecule has 0 saturated carbocycles. The van der Waals surface area contributed by atoms with Crippen molar-refractivity contribution in [1.82, 2.24) is 14.5 Å². The molecule has 1 N–H and O–H groups in total. The standard InChI is InChI=1S/C14H15N3S2/c1-8-6-11(10(3)19-8)9(2)17-13-4-5-15-7-12(13)16-14(17)18/h4-7,9H,1-3H3,(H,16,18). The summed E-state index contributed by atoms with van der Waals surface area (Å²) >= 11 is 7.30. The number of hydrogen-bond donors (Lipinski definition) is 1. The third-order valence-corrected chi connectivity index (χ3v) is 4.72. The van der Waals surface area contributed by atoms with Gasteiger partial charge in [0.05, 0.1) is 23.3 Å². The Morgan fingerprint density at radius 3 is 2.89 bits per heavy atom. The summed E-state index contributed by atoms with van der Waals surface area (Å²) in [5, 5.41) is 0. The second kappa shape index (κ2) is 4.58. The van der Waals surface area contributed by atoms with E-state index < -0.39 is 0 Å². The highest BCUT2D eigenvalue weighted by Crippen LogP contribution is 2.30. The lowest BCUT2D eigenvalue weighted by atomic mass is 10.1. The highest BCUT2D eigenvalue weighted by atomic mass is 32.1. The molecule has 3 rings (SSSR count). The fourth-order valence-corrected chi connectivity index (χ4v) is 3.95. The Balaban J connectivity index is 2.22. The predicted molar refractivity (Wildman–Crippen MR) is 82.5 cm³/mol. The highest BCUT2D eigenvalue weighted by Gasteiger charge is 2.16. The molecule has 0 spiro atoms. The maximum atomic E-state index is 5.46. The number of aromatic amines is 1. The van der Waals surface area contributed by atoms with Crippen molar-refractivity contribution in [2.45, 2.75) is 26.8 Å². The van der Waals surface area contributed by atoms with Crippen LogP contribution < -0.4 is 0 Å². The van der Waals surface area contributed by atoms with Gasteiger partial charge >= 0.3 is 0 Å². The van der Waals surface area contributed by atoms with Crippen LogP contribution in [-0.2, 0) is 0 Å². The van der Waals surface area contributed by atoms with Gasteiger partial charge in [0, 0.05) is 16.0 Å². The first-order valence-electron chi connectivity index (χ1n) is 6.19. The van der Waals surface area contributed by atoms with Crippen molar-refractivity contribution in [3.05, 3.63) is 44.6 Å². The van der Waals surface area contributed by atoms with Gasteiger partial charge < -0.3 is 9.55 Å². The van der Waals surface area contributed by atoms with Crippen LogP contribution in [-0.4, -0.2) is 14.5 Å². The molecule has 98 valence electrons. The average molecular weight is 289 g/mol. The largest absolute Gasteiger partial charge is 0.329 e. The number of imidazole rings is 1. The number of H-pyrrole nitrogens is 1. The molecule has 0 aliphatic carbocycles. The molecule has 3 heterocycles. The second-order valence-electron chi connectivity index (χ2n) is 4.74. The smallest absolute Gasteiger partial charge is 0.178 e. The lowest BCUT2D eigenvalue weighted by Gasteiger charge is -2.14. The zero-order valence-electron chi connectivity index (χ0n) is 11.1. The average Bonchev–Trinajstić information content (AvgIpc) is 2.87. The molecule has 0 bridgehead atoms. The van der Waals surface area contributed by atoms with E-state index in [1.54, 1.807) is 6.20 Å². The number of nitrogens with one attached hydrogen (secondary N) is 1. The van der Waals surface area contributed by atoms with E-state index in [-0.39, 0.29) is 6.04 Å². The number of pyridine rings is 1. The lowest BCUT2D eigenvalue weighted by molar-refractivity contribution is 0.648. The molecule has 0 aliphatic heterocycles. The van der Waals surface area contributed by atoms with Crippen LogP contribution in [0, 0.1) is 18.6 Å². The summed E-state index contributed by atoms with van der Waals surface area (Å²) in [4.78, 5) is 10.1. The van der Waals surface area contributed by atoms with Gasteiger partial charge in [-0.15, -0.1) is 11.3 Å². The summed E-state index contributed by atoms with van der Waals surface area (Å²) < 4.78 is 2.92. The summed E-state index contributed by atoms with van der Waals surface area (Å²) in [6.07, 6.45) is 3.62. The number of thiophene rings is 1. The van der Waals surface area contributed by atoms with Crippen LogP contribution in [0.3, 0.4) is 0 Å². The molecule has 1 unspecified atom stereocenters. The maximum absolute atomic E-state index is 5.46. The van der Waals surface area contributed by atoms with Crippen molar-refractivity contribution in [1.29, 1.82) is 0 Å². The topological polar surface area (TPSA) is 33.6 Å². The second-order valence-corrected chi connectivity index (χ2v) is 6.58. The summed E-state index contributed by atoms with van der Waals surface area (Å²) in [6, 6.07) is 4.49. The molecule has 0 aromatic carbocycles. The Labute approximate surface area is 120 Å². The molecule has 5 heteroatoms. The molecular weight excluding hydrogens is 274 g/mol. The van der Waals surface area contributed by atoms with Crippen LogP contribution >= 0.6 is 23.6 Å². The fourth-order valence-electron chi connectivity index (χ4n) is 2.57. The van der Waals surface area contributed by atoms with Gasteiger partial charge in [0.25, 0.3) is 0 Å². The number of fused-ring (bicyclic) bond motifs is 1. The van der Waals surface area contributed by atoms with Gasteiger partial charge in [0.1, 0.15) is 0 Å². The Hall–Kier alpha value is -1.46. The van der Waals surface area contributed by atoms with Crippen LogP contribution in [0.25, 0.3) is 11.0 Å². The number of rotatable bonds is 2. The molecule has 0 fully saturated rings. The zero-order chi connectivity index (χ0) is 13.6. The summed E-state index contributed by atoms with van der Waals surface area (Å²) in [5.74, 6) is 0. The Kier molecular flexibility index (Phi) is 3.03. The molecular formula is C14H15N3S2. The normalized spacial score (nSPS) is 13.0. The van der Waals surface area contributed by atoms with E-state index in [1.165, 1.54) is 15.3 Å². The number of nitrogens with zero attached hydrogens (tertiary/aromatic N) is 2. The molecule has 3 aromatic rings. The SMILES string of the molecule is Cc1cc(C(C)n2c(=S)[nH]c3cnccc32)c(C)s1. The first kappa shape index (κ1) is 12.6. The van der Waals surface area contributed by atoms with E-state index in [1.807, 2.05) is 23.6 Å². The summed E-state index contributed by atoms with van der Waals surface area (Å²) in [7, 11) is 0. The van der Waals surface area contributed by atoms with Gasteiger partial charge in [-0.3, -0.25) is 4.98 Å². The molecule has 0 aliphatic rings. The third kappa shape index (κ3) is 2.03. The van der Waals surface area contributed by atoms with E-state index in [2.05, 4.69) is 41.4 Å². The van der Waals surface area contributed by atoms with Crippen molar-refractivity contribution < 1.29 is 0 Å². The molecule has 3 aromatic heterocycles. The van der Waals surface area contributed by atoms with E-state index >= 15 is 0 Å². The molecule has 0 amide bonds. The molecule has 19 heavy (non-hydrogen) atoms. The summed E-state index contributed by atoms with van der Waals surface area (Å²) in [6.45, 7) is 6.51. The van der Waals surface area contributed by atoms with Crippen molar-refractivity contribution in [3.63, 3.8) is 0 Å². The Morgan fingerprint density at radius 2 is 2.21 bits per heavy atom. The first-order chi connectivity index (χ1) is 9.08. The minimum absolute atomic E-state index is 0.230. The molecule has 0 saturated heterocycles. The molecule has 3 nitrogen and oxygen atoms in total. The van der Waals surface area contributed by atoms with Crippen molar-refractivity contribution >= 4 is 34.6 Å². The minimum Gasteiger partial charge on any atom is -0.329 e. The van der Waals surface area contributed by atoms with Gasteiger partial charge in [-0.1, -0.05) is 0 Å². The van der Waals surface area contributed by atoms with Gasteiger partial charge in [-0.25, -0.2) is 0 Å². The number of aromatic nitrogens is 3. The van der Waals surface area contributed by atoms with Crippen LogP contribution in [0.1, 0.15) is 28.3 Å². The van der Waals surface area contributed by atoms with Crippen LogP contribution in [0.2, 0.25) is 0 Å². The van der Waals surface area contributed by atoms with Crippen LogP contribution in [0.4, 0.5) is 0 Å². The first-order valence-corrected chi connectivity index (χ1v) is 7.41. The third-order valence-electron chi connectivity index (χ3n) is 3.43. The zero-order valence-corrected chi connectivity index (χ0v) is 12.7. The predicted octanol–water partition coefficient (Wildman–Crippen LogP) is 4.38. The molecule has 1 atom stereocenters. The quantitative estimate of drug-likeness (QED) is 0.710. The van der Waals surface area contributed by atoms with Gasteiger partial charge in [-0.2, -0.15) is 0 Å². The number of hydrogen-bond acceptors (Lipinski definition) is 3. The van der Waals surface area contributed by atoms with Crippen molar-refractivity contribution in [3.8, 4) is 0 Å². The van der Waals surface area contributed by atoms with E-state index in [0.717, 1.165) is 15.8 Å². The monoisotopic (exact) mass is 289 g/mol. The summed E-state index contributed by atoms with van der Waals surface area (Å²) in [5.41, 5.74) is 3.44. The van der Waals surface area contributed by atoms with Crippen molar-refractivity contribution in [2.75, 3.05) is 0 Å². The highest BCUT2D eigenvalue weighted by molar-refractivity contribution is 7.71. The van der Waals surface area contributed by atoms with Gasteiger partial charge in [0.15, 0.2) is 4.77 Å². The van der Waals surface area contributed by atoms with Crippen LogP contribution in [0.5, 0.6) is 0 Å². The van der Waals surface area contributed by atoms with Crippen molar-refractivity contribution in [2.24, 2.45) is 0 Å². The Morgan fingerprint density at radius 1 is 1.42 bits per heavy atom. The van der Waals surface area contributed by atoms with Gasteiger partial charge in [-0.05, 0) is 50.7 Å². The number of aryl methyl sites for hydroxylation is 2. The van der Waals surface area contributed by atoms with Gasteiger partial charge in [0.2, 0.25) is 0 Å². The minimum atomic E-state index is 0.230. The van der Waals surface area contributed by atoms with E-state index in [9.17, 15) is 0 Å². The molecule has 0 radical (unpaired) electrons.